The van der Waals surface area contributed by atoms with Gasteiger partial charge in [0.05, 0.1) is 0 Å². The first kappa shape index (κ1) is 13.7. The standard InChI is InChI=1S/C9H18N2O2.ClH/c1-2-3-7(10)8(12)9(13)11-6-4-5-6;/h6-8,12H,2-5,10H2,1H3,(H,11,13);1H/t7-,8?;/m1./s1. The topological polar surface area (TPSA) is 75.3 Å². The number of nitrogens with one attached hydrogen (secondary N) is 1. The predicted octanol–water partition coefficient (Wildman–Crippen LogP) is 0.175. The Morgan fingerprint density at radius 3 is 2.64 bits per heavy atom. The van der Waals surface area contributed by atoms with Crippen LogP contribution in [0, 0.1) is 0 Å². The molecule has 0 heterocycles. The van der Waals surface area contributed by atoms with Crippen LogP contribution in [-0.4, -0.2) is 29.2 Å². The second-order valence-corrected chi connectivity index (χ2v) is 3.68. The summed E-state index contributed by atoms with van der Waals surface area (Å²) in [4.78, 5) is 11.3. The number of hydrogen-bond acceptors (Lipinski definition) is 3. The molecule has 0 spiro atoms. The minimum atomic E-state index is -1.04. The zero-order valence-electron chi connectivity index (χ0n) is 8.40. The molecule has 2 atom stereocenters. The quantitative estimate of drug-likeness (QED) is 0.621. The Balaban J connectivity index is 0.00000169. The Morgan fingerprint density at radius 1 is 1.64 bits per heavy atom. The summed E-state index contributed by atoms with van der Waals surface area (Å²) in [6.07, 6.45) is 2.58. The molecular formula is C9H19ClN2O2. The lowest BCUT2D eigenvalue weighted by Gasteiger charge is -2.17. The molecule has 0 bridgehead atoms. The molecule has 0 aliphatic heterocycles. The van der Waals surface area contributed by atoms with Crippen LogP contribution in [0.15, 0.2) is 0 Å². The third kappa shape index (κ3) is 4.26. The molecule has 1 amide bonds. The summed E-state index contributed by atoms with van der Waals surface area (Å²) in [5.41, 5.74) is 5.61. The fraction of sp³-hybridized carbons (Fsp3) is 0.889. The number of halogens is 1. The lowest BCUT2D eigenvalue weighted by Crippen LogP contribution is -2.46. The van der Waals surface area contributed by atoms with Gasteiger partial charge in [0.2, 0.25) is 0 Å². The number of carbonyl (C=O) groups is 1. The smallest absolute Gasteiger partial charge is 0.250 e. The highest BCUT2D eigenvalue weighted by Crippen LogP contribution is 2.18. The Labute approximate surface area is 90.7 Å². The van der Waals surface area contributed by atoms with Crippen LogP contribution < -0.4 is 11.1 Å². The van der Waals surface area contributed by atoms with Gasteiger partial charge >= 0.3 is 0 Å². The number of aliphatic hydroxyl groups excluding tert-OH is 1. The van der Waals surface area contributed by atoms with E-state index < -0.39 is 12.1 Å². The van der Waals surface area contributed by atoms with Crippen molar-refractivity contribution in [3.05, 3.63) is 0 Å². The molecular weight excluding hydrogens is 204 g/mol. The monoisotopic (exact) mass is 222 g/mol. The Morgan fingerprint density at radius 2 is 2.21 bits per heavy atom. The molecule has 1 rings (SSSR count). The number of aliphatic hydroxyl groups is 1. The van der Waals surface area contributed by atoms with Crippen LogP contribution in [0.5, 0.6) is 0 Å². The van der Waals surface area contributed by atoms with Crippen molar-refractivity contribution in [2.45, 2.75) is 50.8 Å². The summed E-state index contributed by atoms with van der Waals surface area (Å²) in [5.74, 6) is -0.316. The molecule has 0 saturated heterocycles. The zero-order chi connectivity index (χ0) is 9.84. The van der Waals surface area contributed by atoms with Crippen molar-refractivity contribution in [3.8, 4) is 0 Å². The fourth-order valence-electron chi connectivity index (χ4n) is 1.20. The summed E-state index contributed by atoms with van der Waals surface area (Å²) in [5, 5.41) is 12.2. The number of rotatable bonds is 5. The largest absolute Gasteiger partial charge is 0.382 e. The summed E-state index contributed by atoms with van der Waals surface area (Å²) in [7, 11) is 0. The van der Waals surface area contributed by atoms with Gasteiger partial charge in [-0.2, -0.15) is 0 Å². The lowest BCUT2D eigenvalue weighted by atomic mass is 10.1. The number of hydrogen-bond donors (Lipinski definition) is 3. The third-order valence-corrected chi connectivity index (χ3v) is 2.22. The Bertz CT molecular complexity index is 186. The highest BCUT2D eigenvalue weighted by Gasteiger charge is 2.28. The van der Waals surface area contributed by atoms with Gasteiger partial charge in [-0.25, -0.2) is 0 Å². The average Bonchev–Trinajstić information content (AvgIpc) is 2.87. The van der Waals surface area contributed by atoms with Crippen molar-refractivity contribution in [1.29, 1.82) is 0 Å². The van der Waals surface area contributed by atoms with Crippen LogP contribution in [0.25, 0.3) is 0 Å². The number of nitrogens with two attached hydrogens (primary N) is 1. The molecule has 1 unspecified atom stereocenters. The summed E-state index contributed by atoms with van der Waals surface area (Å²) >= 11 is 0. The van der Waals surface area contributed by atoms with Gasteiger partial charge in [0.1, 0.15) is 6.10 Å². The molecule has 0 aromatic carbocycles. The third-order valence-electron chi connectivity index (χ3n) is 2.22. The molecule has 1 saturated carbocycles. The first-order valence-electron chi connectivity index (χ1n) is 4.89. The second kappa shape index (κ2) is 6.22. The maximum absolute atomic E-state index is 11.3. The van der Waals surface area contributed by atoms with Gasteiger partial charge in [-0.1, -0.05) is 13.3 Å². The highest BCUT2D eigenvalue weighted by atomic mass is 35.5. The molecule has 4 nitrogen and oxygen atoms in total. The van der Waals surface area contributed by atoms with Gasteiger partial charge in [0, 0.05) is 12.1 Å². The van der Waals surface area contributed by atoms with E-state index in [9.17, 15) is 9.90 Å². The van der Waals surface area contributed by atoms with E-state index in [1.807, 2.05) is 6.92 Å². The first-order valence-corrected chi connectivity index (χ1v) is 4.89. The molecule has 5 heteroatoms. The normalized spacial score (nSPS) is 19.4. The fourth-order valence-corrected chi connectivity index (χ4v) is 1.20. The molecule has 84 valence electrons. The van der Waals surface area contributed by atoms with Gasteiger partial charge in [-0.05, 0) is 19.3 Å². The molecule has 1 aliphatic rings. The Kier molecular flexibility index (Phi) is 6.08. The van der Waals surface area contributed by atoms with E-state index in [4.69, 9.17) is 5.73 Å². The molecule has 14 heavy (non-hydrogen) atoms. The van der Waals surface area contributed by atoms with Crippen molar-refractivity contribution in [1.82, 2.24) is 5.32 Å². The average molecular weight is 223 g/mol. The van der Waals surface area contributed by atoms with Crippen molar-refractivity contribution in [3.63, 3.8) is 0 Å². The minimum absolute atomic E-state index is 0. The van der Waals surface area contributed by atoms with Gasteiger partial charge < -0.3 is 16.2 Å². The summed E-state index contributed by atoms with van der Waals surface area (Å²) < 4.78 is 0. The molecule has 0 radical (unpaired) electrons. The second-order valence-electron chi connectivity index (χ2n) is 3.68. The van der Waals surface area contributed by atoms with Gasteiger partial charge in [0.25, 0.3) is 5.91 Å². The maximum atomic E-state index is 11.3. The van der Waals surface area contributed by atoms with Crippen LogP contribution in [-0.2, 0) is 4.79 Å². The van der Waals surface area contributed by atoms with E-state index in [0.29, 0.717) is 6.42 Å². The molecule has 1 aliphatic carbocycles. The van der Waals surface area contributed by atoms with Crippen molar-refractivity contribution in [2.24, 2.45) is 5.73 Å². The van der Waals surface area contributed by atoms with Crippen LogP contribution in [0.1, 0.15) is 32.6 Å². The number of carbonyl (C=O) groups excluding carboxylic acids is 1. The van der Waals surface area contributed by atoms with Gasteiger partial charge in [-0.3, -0.25) is 4.79 Å². The zero-order valence-corrected chi connectivity index (χ0v) is 9.22. The SMILES string of the molecule is CCC[C@@H](N)C(O)C(=O)NC1CC1.Cl. The molecule has 0 aromatic heterocycles. The van der Waals surface area contributed by atoms with Gasteiger partial charge in [0.15, 0.2) is 0 Å². The van der Waals surface area contributed by atoms with E-state index in [1.165, 1.54) is 0 Å². The molecule has 4 N–H and O–H groups in total. The lowest BCUT2D eigenvalue weighted by molar-refractivity contribution is -0.130. The predicted molar refractivity (Wildman–Crippen MR) is 57.3 cm³/mol. The van der Waals surface area contributed by atoms with Crippen LogP contribution in [0.4, 0.5) is 0 Å². The summed E-state index contributed by atoms with van der Waals surface area (Å²) in [6.45, 7) is 1.98. The van der Waals surface area contributed by atoms with Crippen molar-refractivity contribution in [2.75, 3.05) is 0 Å². The van der Waals surface area contributed by atoms with E-state index in [2.05, 4.69) is 5.32 Å². The van der Waals surface area contributed by atoms with E-state index in [-0.39, 0.29) is 24.4 Å². The van der Waals surface area contributed by atoms with Gasteiger partial charge in [-0.15, -0.1) is 12.4 Å². The van der Waals surface area contributed by atoms with E-state index in [0.717, 1.165) is 19.3 Å². The van der Waals surface area contributed by atoms with E-state index >= 15 is 0 Å². The number of amides is 1. The summed E-state index contributed by atoms with van der Waals surface area (Å²) in [6, 6.07) is -0.139. The van der Waals surface area contributed by atoms with Crippen LogP contribution >= 0.6 is 12.4 Å². The van der Waals surface area contributed by atoms with Crippen molar-refractivity contribution < 1.29 is 9.90 Å². The van der Waals surface area contributed by atoms with E-state index in [1.54, 1.807) is 0 Å². The minimum Gasteiger partial charge on any atom is -0.382 e. The first-order chi connectivity index (χ1) is 6.15. The molecule has 0 aromatic rings. The van der Waals surface area contributed by atoms with Crippen molar-refractivity contribution >= 4 is 18.3 Å². The maximum Gasteiger partial charge on any atom is 0.250 e. The highest BCUT2D eigenvalue weighted by molar-refractivity contribution is 5.85. The molecule has 1 fully saturated rings. The Hall–Kier alpha value is -0.320. The van der Waals surface area contributed by atoms with Crippen LogP contribution in [0.3, 0.4) is 0 Å². The van der Waals surface area contributed by atoms with Crippen LogP contribution in [0.2, 0.25) is 0 Å².